The summed E-state index contributed by atoms with van der Waals surface area (Å²) >= 11 is 6.22. The van der Waals surface area contributed by atoms with Crippen molar-refractivity contribution >= 4 is 23.3 Å². The molecule has 0 amide bonds. The summed E-state index contributed by atoms with van der Waals surface area (Å²) in [6, 6.07) is 12.9. The minimum absolute atomic E-state index is 0.212. The summed E-state index contributed by atoms with van der Waals surface area (Å²) in [6.45, 7) is 3.31. The number of fused-ring (bicyclic) bond motifs is 4. The molecule has 2 aromatic rings. The smallest absolute Gasteiger partial charge is 0.338 e. The Morgan fingerprint density at radius 3 is 2.55 bits per heavy atom. The first-order chi connectivity index (χ1) is 15.2. The van der Waals surface area contributed by atoms with E-state index in [1.807, 2.05) is 19.1 Å². The zero-order chi connectivity index (χ0) is 21.1. The van der Waals surface area contributed by atoms with Crippen LogP contribution in [0.4, 0.5) is 5.69 Å². The van der Waals surface area contributed by atoms with E-state index in [0.29, 0.717) is 41.9 Å². The van der Waals surface area contributed by atoms with Crippen LogP contribution in [-0.4, -0.2) is 19.1 Å². The lowest BCUT2D eigenvalue weighted by Gasteiger charge is -2.51. The van der Waals surface area contributed by atoms with Crippen molar-refractivity contribution in [3.8, 4) is 0 Å². The van der Waals surface area contributed by atoms with Gasteiger partial charge in [-0.25, -0.2) is 4.79 Å². The van der Waals surface area contributed by atoms with Gasteiger partial charge in [-0.2, -0.15) is 0 Å². The molecule has 2 aliphatic heterocycles. The van der Waals surface area contributed by atoms with Gasteiger partial charge in [0.1, 0.15) is 0 Å². The van der Waals surface area contributed by atoms with E-state index in [1.54, 1.807) is 0 Å². The average molecular weight is 432 g/mol. The summed E-state index contributed by atoms with van der Waals surface area (Å²) in [6.07, 6.45) is 11.5. The van der Waals surface area contributed by atoms with Crippen LogP contribution in [0.1, 0.15) is 64.7 Å². The third kappa shape index (κ3) is 2.90. The molecule has 31 heavy (non-hydrogen) atoms. The van der Waals surface area contributed by atoms with Crippen LogP contribution in [0.15, 0.2) is 60.7 Å². The molecule has 4 heteroatoms. The quantitative estimate of drug-likeness (QED) is 0.415. The molecule has 2 aliphatic carbocycles. The molecule has 2 heterocycles. The molecule has 0 saturated carbocycles. The van der Waals surface area contributed by atoms with Gasteiger partial charge < -0.3 is 9.64 Å². The molecule has 0 fully saturated rings. The van der Waals surface area contributed by atoms with Gasteiger partial charge in [0.2, 0.25) is 0 Å². The number of rotatable bonds is 3. The predicted molar refractivity (Wildman–Crippen MR) is 124 cm³/mol. The van der Waals surface area contributed by atoms with Crippen LogP contribution in [0.25, 0.3) is 0 Å². The predicted octanol–water partition coefficient (Wildman–Crippen LogP) is 6.41. The van der Waals surface area contributed by atoms with E-state index < -0.39 is 0 Å². The Balaban J connectivity index is 1.56. The van der Waals surface area contributed by atoms with E-state index >= 15 is 0 Å². The summed E-state index contributed by atoms with van der Waals surface area (Å²) in [4.78, 5) is 15.4. The van der Waals surface area contributed by atoms with Gasteiger partial charge in [0.15, 0.2) is 0 Å². The summed E-state index contributed by atoms with van der Waals surface area (Å²) in [5.41, 5.74) is 5.96. The van der Waals surface area contributed by atoms with E-state index in [9.17, 15) is 4.79 Å². The number of esters is 1. The highest BCUT2D eigenvalue weighted by Crippen LogP contribution is 2.59. The van der Waals surface area contributed by atoms with Gasteiger partial charge in [-0.1, -0.05) is 48.0 Å². The Labute approximate surface area is 188 Å². The van der Waals surface area contributed by atoms with Gasteiger partial charge in [0.25, 0.3) is 0 Å². The Morgan fingerprint density at radius 1 is 1.06 bits per heavy atom. The average Bonchev–Trinajstić information content (AvgIpc) is 3.44. The second-order valence-electron chi connectivity index (χ2n) is 9.18. The minimum Gasteiger partial charge on any atom is -0.462 e. The van der Waals surface area contributed by atoms with Crippen LogP contribution in [-0.2, 0) is 4.74 Å². The molecule has 6 rings (SSSR count). The molecule has 5 atom stereocenters. The van der Waals surface area contributed by atoms with E-state index in [1.165, 1.54) is 22.4 Å². The molecule has 2 aromatic carbocycles. The second kappa shape index (κ2) is 7.27. The van der Waals surface area contributed by atoms with Crippen molar-refractivity contribution in [2.75, 3.05) is 18.1 Å². The maximum absolute atomic E-state index is 12.7. The van der Waals surface area contributed by atoms with E-state index in [0.717, 1.165) is 24.4 Å². The number of hydrogen-bond acceptors (Lipinski definition) is 3. The molecular weight excluding hydrogens is 406 g/mol. The molecule has 0 unspecified atom stereocenters. The van der Waals surface area contributed by atoms with Crippen LogP contribution >= 0.6 is 11.6 Å². The Morgan fingerprint density at radius 2 is 1.77 bits per heavy atom. The number of benzene rings is 2. The third-order valence-electron chi connectivity index (χ3n) is 7.57. The highest BCUT2D eigenvalue weighted by molar-refractivity contribution is 6.30. The van der Waals surface area contributed by atoms with Gasteiger partial charge in [-0.15, -0.1) is 0 Å². The normalized spacial score (nSPS) is 29.5. The number of anilines is 1. The lowest BCUT2D eigenvalue weighted by atomic mass is 9.70. The lowest BCUT2D eigenvalue weighted by molar-refractivity contribution is 0.0526. The van der Waals surface area contributed by atoms with Crippen molar-refractivity contribution in [3.63, 3.8) is 0 Å². The first-order valence-corrected chi connectivity index (χ1v) is 11.7. The largest absolute Gasteiger partial charge is 0.462 e. The molecule has 158 valence electrons. The maximum atomic E-state index is 12.7. The number of allylic oxidation sites excluding steroid dienone is 4. The Hall–Kier alpha value is -2.52. The topological polar surface area (TPSA) is 29.5 Å². The first-order valence-electron chi connectivity index (χ1n) is 11.4. The van der Waals surface area contributed by atoms with Gasteiger partial charge >= 0.3 is 5.97 Å². The summed E-state index contributed by atoms with van der Waals surface area (Å²) in [7, 11) is 0. The van der Waals surface area contributed by atoms with Crippen LogP contribution in [0.2, 0.25) is 5.02 Å². The van der Waals surface area contributed by atoms with Crippen molar-refractivity contribution in [1.29, 1.82) is 0 Å². The van der Waals surface area contributed by atoms with Crippen LogP contribution < -0.4 is 4.90 Å². The van der Waals surface area contributed by atoms with E-state index in [2.05, 4.69) is 53.5 Å². The van der Waals surface area contributed by atoms with Gasteiger partial charge in [-0.05, 0) is 72.6 Å². The highest BCUT2D eigenvalue weighted by atomic mass is 35.5. The number of ether oxygens (including phenoxy) is 1. The molecule has 3 nitrogen and oxygen atoms in total. The number of halogens is 1. The van der Waals surface area contributed by atoms with Crippen molar-refractivity contribution in [3.05, 3.63) is 88.0 Å². The fourth-order valence-electron chi connectivity index (χ4n) is 6.35. The maximum Gasteiger partial charge on any atom is 0.338 e. The molecular formula is C27H26ClNO2. The number of carbonyl (C=O) groups excluding carboxylic acids is 1. The first kappa shape index (κ1) is 19.2. The third-order valence-corrected chi connectivity index (χ3v) is 7.82. The van der Waals surface area contributed by atoms with E-state index in [4.69, 9.17) is 16.3 Å². The second-order valence-corrected chi connectivity index (χ2v) is 9.61. The van der Waals surface area contributed by atoms with Crippen LogP contribution in [0.3, 0.4) is 0 Å². The van der Waals surface area contributed by atoms with Crippen molar-refractivity contribution in [2.45, 2.75) is 37.6 Å². The number of carbonyl (C=O) groups is 1. The lowest BCUT2D eigenvalue weighted by Crippen LogP contribution is -2.46. The number of hydrogen-bond donors (Lipinski definition) is 0. The molecule has 4 aliphatic rings. The molecule has 0 saturated heterocycles. The SMILES string of the molecule is CCOC(=O)c1cc2c3c(c1)[C@@H]1C=CC[C@@H]1[C@H](c1ccc(Cl)cc1)N3C[C@@H]1CC=C[C@@H]21. The van der Waals surface area contributed by atoms with Crippen LogP contribution in [0, 0.1) is 11.8 Å². The molecule has 0 aromatic heterocycles. The monoisotopic (exact) mass is 431 g/mol. The Kier molecular flexibility index (Phi) is 4.50. The molecule has 0 N–H and O–H groups in total. The fourth-order valence-corrected chi connectivity index (χ4v) is 6.47. The van der Waals surface area contributed by atoms with Gasteiger partial charge in [0.05, 0.1) is 18.2 Å². The van der Waals surface area contributed by atoms with Crippen molar-refractivity contribution in [1.82, 2.24) is 0 Å². The van der Waals surface area contributed by atoms with Crippen LogP contribution in [0.5, 0.6) is 0 Å². The van der Waals surface area contributed by atoms with Crippen molar-refractivity contribution in [2.24, 2.45) is 11.8 Å². The fraction of sp³-hybridized carbons (Fsp3) is 0.370. The van der Waals surface area contributed by atoms with Gasteiger partial charge in [-0.3, -0.25) is 0 Å². The summed E-state index contributed by atoms with van der Waals surface area (Å²) in [5.74, 6) is 1.51. The molecule has 0 spiro atoms. The van der Waals surface area contributed by atoms with Crippen molar-refractivity contribution < 1.29 is 9.53 Å². The summed E-state index contributed by atoms with van der Waals surface area (Å²) < 4.78 is 5.39. The number of nitrogens with zero attached hydrogens (tertiary/aromatic N) is 1. The van der Waals surface area contributed by atoms with E-state index in [-0.39, 0.29) is 5.97 Å². The molecule has 0 bridgehead atoms. The zero-order valence-electron chi connectivity index (χ0n) is 17.6. The zero-order valence-corrected chi connectivity index (χ0v) is 18.4. The Bertz CT molecular complexity index is 1090. The molecule has 0 radical (unpaired) electrons. The minimum atomic E-state index is -0.212. The highest BCUT2D eigenvalue weighted by Gasteiger charge is 2.48. The summed E-state index contributed by atoms with van der Waals surface area (Å²) in [5, 5.41) is 0.777. The standard InChI is InChI=1S/C27H26ClNO2/c1-2-31-27(30)18-13-23-20-6-3-5-17(20)15-29-25(16-9-11-19(28)12-10-16)22-8-4-7-21(22)24(14-18)26(23)29/h3-4,6-7,9-14,17,20-22,25H,2,5,8,15H2,1H3/t17-,20+,21+,22-,25-/m0/s1. The van der Waals surface area contributed by atoms with Gasteiger partial charge in [0, 0.05) is 29.1 Å².